The summed E-state index contributed by atoms with van der Waals surface area (Å²) in [7, 11) is 0. The van der Waals surface area contributed by atoms with Crippen molar-refractivity contribution in [2.45, 2.75) is 50.6 Å². The minimum absolute atomic E-state index is 0.00733. The molecule has 122 valence electrons. The molecule has 2 aromatic rings. The monoisotopic (exact) mass is 313 g/mol. The summed E-state index contributed by atoms with van der Waals surface area (Å²) in [6.07, 6.45) is 5.52. The molecule has 2 fully saturated rings. The van der Waals surface area contributed by atoms with E-state index in [1.165, 1.54) is 0 Å². The van der Waals surface area contributed by atoms with Gasteiger partial charge in [0.2, 0.25) is 0 Å². The lowest BCUT2D eigenvalue weighted by Gasteiger charge is -2.39. The van der Waals surface area contributed by atoms with Gasteiger partial charge in [-0.05, 0) is 37.8 Å². The van der Waals surface area contributed by atoms with Crippen LogP contribution < -0.4 is 5.69 Å². The fourth-order valence-corrected chi connectivity index (χ4v) is 4.24. The summed E-state index contributed by atoms with van der Waals surface area (Å²) in [5, 5.41) is 0. The van der Waals surface area contributed by atoms with Crippen LogP contribution in [0.2, 0.25) is 0 Å². The van der Waals surface area contributed by atoms with Gasteiger partial charge in [0.15, 0.2) is 0 Å². The Kier molecular flexibility index (Phi) is 3.81. The number of H-pyrrole nitrogens is 1. The zero-order valence-electron chi connectivity index (χ0n) is 13.3. The summed E-state index contributed by atoms with van der Waals surface area (Å²) in [5.41, 5.74) is 1.94. The predicted octanol–water partition coefficient (Wildman–Crippen LogP) is 2.48. The van der Waals surface area contributed by atoms with Crippen LogP contribution in [0.1, 0.15) is 44.6 Å². The number of hydrogen-bond acceptors (Lipinski definition) is 3. The van der Waals surface area contributed by atoms with Crippen molar-refractivity contribution in [3.8, 4) is 0 Å². The molecule has 2 aliphatic rings. The molecule has 1 aromatic heterocycles. The molecule has 0 atom stereocenters. The van der Waals surface area contributed by atoms with E-state index < -0.39 is 0 Å². The number of benzene rings is 1. The number of nitrogens with one attached hydrogen (secondary N) is 1. The third-order valence-corrected chi connectivity index (χ3v) is 5.52. The zero-order chi connectivity index (χ0) is 15.8. The average Bonchev–Trinajstić information content (AvgIpc) is 2.91. The fourth-order valence-electron chi connectivity index (χ4n) is 4.24. The SMILES string of the molecule is O=C1CCC(N2CCC(n3c(=O)[nH]c4ccccc43)CC2)CC1. The Hall–Kier alpha value is -1.88. The molecule has 0 amide bonds. The van der Waals surface area contributed by atoms with E-state index in [2.05, 4.69) is 9.88 Å². The van der Waals surface area contributed by atoms with E-state index in [0.717, 1.165) is 62.6 Å². The smallest absolute Gasteiger partial charge is 0.306 e. The van der Waals surface area contributed by atoms with Crippen LogP contribution in [0.3, 0.4) is 0 Å². The van der Waals surface area contributed by atoms with Gasteiger partial charge in [0.25, 0.3) is 0 Å². The van der Waals surface area contributed by atoms with Gasteiger partial charge in [-0.3, -0.25) is 9.36 Å². The minimum atomic E-state index is 0.00733. The Bertz CT molecular complexity index is 758. The van der Waals surface area contributed by atoms with Gasteiger partial charge in [-0.1, -0.05) is 12.1 Å². The van der Waals surface area contributed by atoms with E-state index in [0.29, 0.717) is 11.8 Å². The lowest BCUT2D eigenvalue weighted by Crippen LogP contribution is -2.44. The number of carbonyl (C=O) groups excluding carboxylic acids is 1. The number of Topliss-reactive ketones (excluding diaryl/α,β-unsaturated/α-hetero) is 1. The maximum Gasteiger partial charge on any atom is 0.326 e. The first-order valence-corrected chi connectivity index (χ1v) is 8.67. The van der Waals surface area contributed by atoms with Gasteiger partial charge in [0, 0.05) is 38.0 Å². The molecule has 5 nitrogen and oxygen atoms in total. The highest BCUT2D eigenvalue weighted by Gasteiger charge is 2.29. The third-order valence-electron chi connectivity index (χ3n) is 5.52. The number of piperidine rings is 1. The average molecular weight is 313 g/mol. The summed E-state index contributed by atoms with van der Waals surface area (Å²) in [5.74, 6) is 0.418. The van der Waals surface area contributed by atoms with Crippen molar-refractivity contribution in [2.75, 3.05) is 13.1 Å². The Morgan fingerprint density at radius 1 is 0.913 bits per heavy atom. The van der Waals surface area contributed by atoms with Gasteiger partial charge >= 0.3 is 5.69 Å². The molecule has 5 heteroatoms. The molecule has 0 bridgehead atoms. The lowest BCUT2D eigenvalue weighted by atomic mass is 9.91. The highest BCUT2D eigenvalue weighted by Crippen LogP contribution is 2.29. The molecular formula is C18H23N3O2. The molecule has 1 saturated heterocycles. The second-order valence-electron chi connectivity index (χ2n) is 6.85. The first-order valence-electron chi connectivity index (χ1n) is 8.67. The maximum absolute atomic E-state index is 12.3. The van der Waals surface area contributed by atoms with Crippen LogP contribution in [0.5, 0.6) is 0 Å². The Labute approximate surface area is 135 Å². The van der Waals surface area contributed by atoms with Gasteiger partial charge in [-0.2, -0.15) is 0 Å². The number of likely N-dealkylation sites (tertiary alicyclic amines) is 1. The number of fused-ring (bicyclic) bond motifs is 1. The first-order chi connectivity index (χ1) is 11.2. The van der Waals surface area contributed by atoms with Gasteiger partial charge in [-0.15, -0.1) is 0 Å². The molecule has 1 aromatic carbocycles. The van der Waals surface area contributed by atoms with E-state index in [-0.39, 0.29) is 11.7 Å². The maximum atomic E-state index is 12.3. The number of aromatic amines is 1. The van der Waals surface area contributed by atoms with Crippen molar-refractivity contribution in [1.29, 1.82) is 0 Å². The Morgan fingerprint density at radius 2 is 1.61 bits per heavy atom. The number of imidazole rings is 1. The topological polar surface area (TPSA) is 58.1 Å². The van der Waals surface area contributed by atoms with E-state index in [9.17, 15) is 9.59 Å². The Balaban J connectivity index is 1.48. The van der Waals surface area contributed by atoms with E-state index >= 15 is 0 Å². The molecule has 1 saturated carbocycles. The first kappa shape index (κ1) is 14.7. The molecule has 4 rings (SSSR count). The quantitative estimate of drug-likeness (QED) is 0.926. The summed E-state index contributed by atoms with van der Waals surface area (Å²) < 4.78 is 1.94. The standard InChI is InChI=1S/C18H23N3O2/c22-15-7-5-13(6-8-15)20-11-9-14(10-12-20)21-17-4-2-1-3-16(17)19-18(21)23/h1-4,13-14H,5-12H2,(H,19,23). The molecule has 1 N–H and O–H groups in total. The molecular weight excluding hydrogens is 290 g/mol. The normalized spacial score (nSPS) is 22.0. The van der Waals surface area contributed by atoms with Crippen LogP contribution in [0, 0.1) is 0 Å². The van der Waals surface area contributed by atoms with Crippen molar-refractivity contribution in [1.82, 2.24) is 14.5 Å². The van der Waals surface area contributed by atoms with Gasteiger partial charge in [0.1, 0.15) is 5.78 Å². The number of nitrogens with zero attached hydrogens (tertiary/aromatic N) is 2. The van der Waals surface area contributed by atoms with Crippen LogP contribution in [0.4, 0.5) is 0 Å². The van der Waals surface area contributed by atoms with E-state index in [1.54, 1.807) is 0 Å². The largest absolute Gasteiger partial charge is 0.326 e. The minimum Gasteiger partial charge on any atom is -0.306 e. The van der Waals surface area contributed by atoms with E-state index in [4.69, 9.17) is 0 Å². The van der Waals surface area contributed by atoms with Crippen LogP contribution in [0.25, 0.3) is 11.0 Å². The second kappa shape index (κ2) is 5.96. The zero-order valence-corrected chi connectivity index (χ0v) is 13.3. The second-order valence-corrected chi connectivity index (χ2v) is 6.85. The van der Waals surface area contributed by atoms with Crippen molar-refractivity contribution in [3.05, 3.63) is 34.7 Å². The van der Waals surface area contributed by atoms with Crippen molar-refractivity contribution < 1.29 is 4.79 Å². The number of aromatic nitrogens is 2. The molecule has 1 aliphatic carbocycles. The molecule has 0 radical (unpaired) electrons. The van der Waals surface area contributed by atoms with Gasteiger partial charge in [0.05, 0.1) is 11.0 Å². The summed E-state index contributed by atoms with van der Waals surface area (Å²) in [6.45, 7) is 2.05. The number of para-hydroxylation sites is 2. The van der Waals surface area contributed by atoms with Gasteiger partial charge in [-0.25, -0.2) is 4.79 Å². The third kappa shape index (κ3) is 2.74. The van der Waals surface area contributed by atoms with Crippen LogP contribution in [0.15, 0.2) is 29.1 Å². The highest BCUT2D eigenvalue weighted by atomic mass is 16.1. The molecule has 2 heterocycles. The molecule has 1 aliphatic heterocycles. The summed E-state index contributed by atoms with van der Waals surface area (Å²) in [4.78, 5) is 29.2. The lowest BCUT2D eigenvalue weighted by molar-refractivity contribution is -0.121. The van der Waals surface area contributed by atoms with Gasteiger partial charge < -0.3 is 9.88 Å². The van der Waals surface area contributed by atoms with E-state index in [1.807, 2.05) is 28.8 Å². The number of ketones is 1. The summed E-state index contributed by atoms with van der Waals surface area (Å²) >= 11 is 0. The molecule has 0 spiro atoms. The van der Waals surface area contributed by atoms with Crippen molar-refractivity contribution in [3.63, 3.8) is 0 Å². The highest BCUT2D eigenvalue weighted by molar-refractivity contribution is 5.79. The van der Waals surface area contributed by atoms with Crippen LogP contribution in [-0.2, 0) is 4.79 Å². The molecule has 0 unspecified atom stereocenters. The fraction of sp³-hybridized carbons (Fsp3) is 0.556. The van der Waals surface area contributed by atoms with Crippen LogP contribution in [-0.4, -0.2) is 39.4 Å². The van der Waals surface area contributed by atoms with Crippen molar-refractivity contribution >= 4 is 16.8 Å². The predicted molar refractivity (Wildman–Crippen MR) is 89.7 cm³/mol. The van der Waals surface area contributed by atoms with Crippen molar-refractivity contribution in [2.24, 2.45) is 0 Å². The molecule has 23 heavy (non-hydrogen) atoms. The van der Waals surface area contributed by atoms with Crippen LogP contribution >= 0.6 is 0 Å². The number of carbonyl (C=O) groups is 1. The number of hydrogen-bond donors (Lipinski definition) is 1. The Morgan fingerprint density at radius 3 is 2.35 bits per heavy atom. The summed E-state index contributed by atoms with van der Waals surface area (Å²) in [6, 6.07) is 8.76. The number of rotatable bonds is 2.